The minimum atomic E-state index is 1.07. The quantitative estimate of drug-likeness (QED) is 0.146. The van der Waals surface area contributed by atoms with E-state index in [4.69, 9.17) is 0 Å². The largest absolute Gasteiger partial charge is 0.310 e. The highest BCUT2D eigenvalue weighted by Crippen LogP contribution is 2.46. The molecule has 0 unspecified atom stereocenters. The number of nitrogens with zero attached hydrogens (tertiary/aromatic N) is 2. The first-order chi connectivity index (χ1) is 30.8. The maximum Gasteiger partial charge on any atom is 0.0546 e. The Hall–Kier alpha value is -8.20. The van der Waals surface area contributed by atoms with E-state index in [-0.39, 0.29) is 0 Å². The van der Waals surface area contributed by atoms with Gasteiger partial charge in [0, 0.05) is 33.4 Å². The normalized spacial score (nSPS) is 11.5. The number of hydrogen-bond donors (Lipinski definition) is 0. The van der Waals surface area contributed by atoms with Gasteiger partial charge in [0.25, 0.3) is 0 Å². The predicted molar refractivity (Wildman–Crippen MR) is 264 cm³/mol. The zero-order valence-electron chi connectivity index (χ0n) is 34.0. The van der Waals surface area contributed by atoms with Crippen LogP contribution in [0.5, 0.6) is 0 Å². The zero-order valence-corrected chi connectivity index (χ0v) is 34.0. The molecule has 1 heterocycles. The molecule has 12 rings (SSSR count). The van der Waals surface area contributed by atoms with Gasteiger partial charge >= 0.3 is 0 Å². The second kappa shape index (κ2) is 14.8. The van der Waals surface area contributed by atoms with E-state index in [1.54, 1.807) is 0 Å². The number of fused-ring (bicyclic) bond motifs is 7. The zero-order chi connectivity index (χ0) is 41.0. The van der Waals surface area contributed by atoms with Crippen molar-refractivity contribution in [3.05, 3.63) is 243 Å². The van der Waals surface area contributed by atoms with E-state index >= 15 is 0 Å². The van der Waals surface area contributed by atoms with Crippen molar-refractivity contribution in [1.82, 2.24) is 4.57 Å². The van der Waals surface area contributed by atoms with Crippen molar-refractivity contribution in [3.8, 4) is 39.1 Å². The summed E-state index contributed by atoms with van der Waals surface area (Å²) in [7, 11) is 0. The Morgan fingerprint density at radius 1 is 0.274 bits per heavy atom. The maximum absolute atomic E-state index is 2.46. The third kappa shape index (κ3) is 5.96. The van der Waals surface area contributed by atoms with Crippen molar-refractivity contribution in [3.63, 3.8) is 0 Å². The number of anilines is 3. The number of hydrogen-bond acceptors (Lipinski definition) is 1. The molecule has 12 aromatic rings. The van der Waals surface area contributed by atoms with E-state index in [1.807, 2.05) is 0 Å². The summed E-state index contributed by atoms with van der Waals surface area (Å²) in [5.74, 6) is 0. The number of aromatic nitrogens is 1. The van der Waals surface area contributed by atoms with Crippen LogP contribution in [0.1, 0.15) is 0 Å². The lowest BCUT2D eigenvalue weighted by atomic mass is 9.91. The minimum absolute atomic E-state index is 1.07. The van der Waals surface area contributed by atoms with E-state index < -0.39 is 0 Å². The summed E-state index contributed by atoms with van der Waals surface area (Å²) in [5, 5.41) is 9.98. The van der Waals surface area contributed by atoms with Crippen molar-refractivity contribution in [2.45, 2.75) is 0 Å². The number of benzene rings is 11. The maximum atomic E-state index is 2.46. The van der Waals surface area contributed by atoms with Crippen LogP contribution in [-0.4, -0.2) is 4.57 Å². The molecule has 1 aromatic heterocycles. The first-order valence-corrected chi connectivity index (χ1v) is 21.3. The molecule has 0 saturated heterocycles. The van der Waals surface area contributed by atoms with Gasteiger partial charge in [-0.1, -0.05) is 188 Å². The van der Waals surface area contributed by atoms with Crippen LogP contribution in [0.15, 0.2) is 243 Å². The fourth-order valence-corrected chi connectivity index (χ4v) is 9.71. The average molecular weight is 789 g/mol. The summed E-state index contributed by atoms with van der Waals surface area (Å²) in [6.45, 7) is 0. The Balaban J connectivity index is 1.11. The first-order valence-electron chi connectivity index (χ1n) is 21.3. The molecule has 0 amide bonds. The number of para-hydroxylation sites is 2. The summed E-state index contributed by atoms with van der Waals surface area (Å²) >= 11 is 0. The third-order valence-electron chi connectivity index (χ3n) is 12.6. The highest BCUT2D eigenvalue weighted by atomic mass is 15.1. The van der Waals surface area contributed by atoms with Gasteiger partial charge in [-0.05, 0) is 115 Å². The topological polar surface area (TPSA) is 8.17 Å². The molecule has 0 aliphatic carbocycles. The molecule has 2 heteroatoms. The van der Waals surface area contributed by atoms with Crippen molar-refractivity contribution in [2.24, 2.45) is 0 Å². The van der Waals surface area contributed by atoms with Crippen LogP contribution in [0, 0.1) is 0 Å². The van der Waals surface area contributed by atoms with Crippen LogP contribution >= 0.6 is 0 Å². The van der Waals surface area contributed by atoms with Gasteiger partial charge in [0.2, 0.25) is 0 Å². The van der Waals surface area contributed by atoms with Gasteiger partial charge in [-0.2, -0.15) is 0 Å². The Labute approximate surface area is 360 Å². The van der Waals surface area contributed by atoms with E-state index in [9.17, 15) is 0 Å². The molecule has 11 aromatic carbocycles. The molecular weight excluding hydrogens is 749 g/mol. The fourth-order valence-electron chi connectivity index (χ4n) is 9.71. The van der Waals surface area contributed by atoms with E-state index in [0.29, 0.717) is 0 Å². The van der Waals surface area contributed by atoms with E-state index in [0.717, 1.165) is 39.4 Å². The fraction of sp³-hybridized carbons (Fsp3) is 0. The first kappa shape index (κ1) is 35.7. The minimum Gasteiger partial charge on any atom is -0.310 e. The Morgan fingerprint density at radius 2 is 0.839 bits per heavy atom. The molecule has 0 radical (unpaired) electrons. The van der Waals surface area contributed by atoms with Crippen LogP contribution in [0.2, 0.25) is 0 Å². The van der Waals surface area contributed by atoms with Gasteiger partial charge in [0.1, 0.15) is 0 Å². The van der Waals surface area contributed by atoms with Crippen molar-refractivity contribution in [1.29, 1.82) is 0 Å². The van der Waals surface area contributed by atoms with Crippen LogP contribution in [0.3, 0.4) is 0 Å². The molecule has 0 atom stereocenters. The van der Waals surface area contributed by atoms with Crippen LogP contribution in [0.25, 0.3) is 93.2 Å². The molecule has 0 aliphatic heterocycles. The molecule has 0 fully saturated rings. The smallest absolute Gasteiger partial charge is 0.0546 e. The Morgan fingerprint density at radius 3 is 1.60 bits per heavy atom. The highest BCUT2D eigenvalue weighted by molar-refractivity contribution is 6.14. The van der Waals surface area contributed by atoms with Crippen molar-refractivity contribution in [2.75, 3.05) is 4.90 Å². The lowest BCUT2D eigenvalue weighted by molar-refractivity contribution is 1.17. The SMILES string of the molecule is c1ccc(-c2ccc(-c3cc4ccccc4c4ccccc34)cc2N(c2ccc(-c3cccc4ccccc34)cc2)c2cccc(-n3c4ccccc4c4ccccc43)c2)cc1. The lowest BCUT2D eigenvalue weighted by Crippen LogP contribution is -2.12. The van der Waals surface area contributed by atoms with E-state index in [1.165, 1.54) is 70.8 Å². The van der Waals surface area contributed by atoms with Crippen LogP contribution in [0.4, 0.5) is 17.1 Å². The highest BCUT2D eigenvalue weighted by Gasteiger charge is 2.21. The summed E-state index contributed by atoms with van der Waals surface area (Å²) in [5.41, 5.74) is 13.8. The summed E-state index contributed by atoms with van der Waals surface area (Å²) in [6.07, 6.45) is 0. The van der Waals surface area contributed by atoms with Crippen LogP contribution in [-0.2, 0) is 0 Å². The lowest BCUT2D eigenvalue weighted by Gasteiger charge is -2.29. The average Bonchev–Trinajstić information content (AvgIpc) is 3.69. The monoisotopic (exact) mass is 788 g/mol. The molecule has 290 valence electrons. The van der Waals surface area contributed by atoms with Gasteiger partial charge < -0.3 is 9.47 Å². The Bertz CT molecular complexity index is 3580. The molecule has 2 nitrogen and oxygen atoms in total. The Kier molecular flexibility index (Phi) is 8.53. The standard InChI is InChI=1S/C60H40N2/c1-2-16-42(17-3-1)52-37-34-45(57-38-44-19-5-7-24-51(44)53-25-8-9-26-54(53)57)39-60(52)61(46-35-32-43(33-36-46)50-29-14-20-41-18-4-6-23-49(41)50)47-21-15-22-48(40-47)62-58-30-12-10-27-55(58)56-28-11-13-31-59(56)62/h1-40H. The molecular formula is C60H40N2. The van der Waals surface area contributed by atoms with Gasteiger partial charge in [-0.15, -0.1) is 0 Å². The van der Waals surface area contributed by atoms with E-state index in [2.05, 4.69) is 252 Å². The molecule has 62 heavy (non-hydrogen) atoms. The molecule has 0 saturated carbocycles. The summed E-state index contributed by atoms with van der Waals surface area (Å²) in [4.78, 5) is 2.46. The van der Waals surface area contributed by atoms with Gasteiger partial charge in [-0.3, -0.25) is 0 Å². The molecule has 0 aliphatic rings. The van der Waals surface area contributed by atoms with Crippen molar-refractivity contribution >= 4 is 71.2 Å². The van der Waals surface area contributed by atoms with Gasteiger partial charge in [0.05, 0.1) is 16.7 Å². The second-order valence-electron chi connectivity index (χ2n) is 16.1. The second-order valence-corrected chi connectivity index (χ2v) is 16.1. The predicted octanol–water partition coefficient (Wildman–Crippen LogP) is 16.7. The van der Waals surface area contributed by atoms with Gasteiger partial charge in [0.15, 0.2) is 0 Å². The number of rotatable bonds is 7. The van der Waals surface area contributed by atoms with Gasteiger partial charge in [-0.25, -0.2) is 0 Å². The van der Waals surface area contributed by atoms with Crippen molar-refractivity contribution < 1.29 is 0 Å². The molecule has 0 spiro atoms. The third-order valence-corrected chi connectivity index (χ3v) is 12.6. The molecule has 0 N–H and O–H groups in total. The van der Waals surface area contributed by atoms with Crippen LogP contribution < -0.4 is 4.90 Å². The summed E-state index contributed by atoms with van der Waals surface area (Å²) < 4.78 is 2.41. The summed E-state index contributed by atoms with van der Waals surface area (Å²) in [6, 6.07) is 88.7. The molecule has 0 bridgehead atoms.